The fourth-order valence-electron chi connectivity index (χ4n) is 2.67. The molecule has 0 spiro atoms. The van der Waals surface area contributed by atoms with E-state index in [1.807, 2.05) is 0 Å². The van der Waals surface area contributed by atoms with Crippen molar-refractivity contribution < 1.29 is 32.4 Å². The maximum absolute atomic E-state index is 11.9. The maximum Gasteiger partial charge on any atom is 0.334 e. The van der Waals surface area contributed by atoms with Crippen LogP contribution in [0.2, 0.25) is 0 Å². The van der Waals surface area contributed by atoms with Gasteiger partial charge in [-0.2, -0.15) is 8.42 Å². The number of carboxylic acids is 1. The fraction of sp³-hybridized carbons (Fsp3) is 0.789. The minimum atomic E-state index is -4.14. The number of esters is 1. The number of hydrogen-bond acceptors (Lipinski definition) is 5. The van der Waals surface area contributed by atoms with Crippen molar-refractivity contribution in [2.45, 2.75) is 84.0 Å². The third-order valence-electron chi connectivity index (χ3n) is 4.14. The van der Waals surface area contributed by atoms with Crippen LogP contribution in [0.1, 0.15) is 84.0 Å². The lowest BCUT2D eigenvalue weighted by Crippen LogP contribution is -2.12. The van der Waals surface area contributed by atoms with E-state index in [1.54, 1.807) is 0 Å². The highest BCUT2D eigenvalue weighted by Crippen LogP contribution is 2.12. The van der Waals surface area contributed by atoms with Crippen molar-refractivity contribution in [1.29, 1.82) is 0 Å². The van der Waals surface area contributed by atoms with Crippen molar-refractivity contribution in [3.8, 4) is 0 Å². The van der Waals surface area contributed by atoms with Crippen LogP contribution in [0.25, 0.3) is 0 Å². The topological polar surface area (TPSA) is 118 Å². The summed E-state index contributed by atoms with van der Waals surface area (Å²) < 4.78 is 35.2. The van der Waals surface area contributed by atoms with Crippen molar-refractivity contribution in [1.82, 2.24) is 0 Å². The summed E-state index contributed by atoms with van der Waals surface area (Å²) in [4.78, 5) is 22.7. The van der Waals surface area contributed by atoms with Gasteiger partial charge in [0.15, 0.2) is 0 Å². The Bertz CT molecular complexity index is 552. The molecule has 0 unspecified atom stereocenters. The summed E-state index contributed by atoms with van der Waals surface area (Å²) in [6.07, 6.45) is 12.2. The van der Waals surface area contributed by atoms with Crippen LogP contribution in [0.15, 0.2) is 11.6 Å². The number of ether oxygens (including phenoxy) is 1. The van der Waals surface area contributed by atoms with Crippen molar-refractivity contribution in [2.24, 2.45) is 0 Å². The first-order valence-electron chi connectivity index (χ1n) is 9.82. The summed E-state index contributed by atoms with van der Waals surface area (Å²) in [6.45, 7) is 2.41. The zero-order valence-corrected chi connectivity index (χ0v) is 17.1. The number of carboxylic acid groups (broad SMARTS) is 1. The molecule has 0 radical (unpaired) electrons. The smallest absolute Gasteiger partial charge is 0.334 e. The molecule has 0 aliphatic rings. The van der Waals surface area contributed by atoms with Crippen LogP contribution in [0, 0.1) is 0 Å². The molecular weight excluding hydrogens is 372 g/mol. The van der Waals surface area contributed by atoms with E-state index in [0.717, 1.165) is 18.9 Å². The van der Waals surface area contributed by atoms with Crippen LogP contribution in [0.3, 0.4) is 0 Å². The molecule has 0 saturated carbocycles. The standard InChI is InChI=1S/C19H34O7S/c1-2-3-4-5-6-7-8-9-10-11-14-26-19(22)17(16-18(20)21)13-12-15-27(23,24)25/h16H,2-15H2,1H3,(H,20,21)(H,23,24,25). The average Bonchev–Trinajstić information content (AvgIpc) is 2.57. The molecule has 27 heavy (non-hydrogen) atoms. The molecule has 0 aliphatic carbocycles. The highest BCUT2D eigenvalue weighted by atomic mass is 32.2. The van der Waals surface area contributed by atoms with Gasteiger partial charge in [-0.1, -0.05) is 64.7 Å². The van der Waals surface area contributed by atoms with E-state index < -0.39 is 27.8 Å². The third-order valence-corrected chi connectivity index (χ3v) is 4.94. The Balaban J connectivity index is 3.92. The summed E-state index contributed by atoms with van der Waals surface area (Å²) in [6, 6.07) is 0. The van der Waals surface area contributed by atoms with E-state index in [2.05, 4.69) is 6.92 Å². The van der Waals surface area contributed by atoms with E-state index in [-0.39, 0.29) is 25.0 Å². The molecule has 0 atom stereocenters. The number of rotatable bonds is 17. The van der Waals surface area contributed by atoms with E-state index in [4.69, 9.17) is 14.4 Å². The first-order chi connectivity index (χ1) is 12.8. The van der Waals surface area contributed by atoms with Crippen molar-refractivity contribution >= 4 is 22.1 Å². The van der Waals surface area contributed by atoms with Crippen LogP contribution in [-0.2, 0) is 24.4 Å². The van der Waals surface area contributed by atoms with Crippen molar-refractivity contribution in [3.05, 3.63) is 11.6 Å². The molecule has 8 heteroatoms. The van der Waals surface area contributed by atoms with Gasteiger partial charge >= 0.3 is 11.9 Å². The Kier molecular flexibility index (Phi) is 14.8. The third kappa shape index (κ3) is 17.7. The van der Waals surface area contributed by atoms with Crippen LogP contribution in [-0.4, -0.2) is 42.4 Å². The molecule has 0 amide bonds. The Morgan fingerprint density at radius 1 is 0.889 bits per heavy atom. The summed E-state index contributed by atoms with van der Waals surface area (Å²) in [5.41, 5.74) is -0.0989. The zero-order chi connectivity index (χ0) is 20.5. The van der Waals surface area contributed by atoms with Crippen molar-refractivity contribution in [3.63, 3.8) is 0 Å². The molecule has 0 fully saturated rings. The minimum absolute atomic E-state index is 0.0503. The maximum atomic E-state index is 11.9. The second kappa shape index (κ2) is 15.6. The van der Waals surface area contributed by atoms with Gasteiger partial charge in [0.05, 0.1) is 12.4 Å². The molecular formula is C19H34O7S. The number of unbranched alkanes of at least 4 members (excludes halogenated alkanes) is 9. The van der Waals surface area contributed by atoms with Gasteiger partial charge < -0.3 is 9.84 Å². The molecule has 0 rings (SSSR count). The van der Waals surface area contributed by atoms with Gasteiger partial charge in [0.2, 0.25) is 0 Å². The molecule has 0 aliphatic heterocycles. The molecule has 0 saturated heterocycles. The fourth-order valence-corrected chi connectivity index (χ4v) is 3.18. The van der Waals surface area contributed by atoms with Gasteiger partial charge in [-0.15, -0.1) is 0 Å². The summed E-state index contributed by atoms with van der Waals surface area (Å²) in [7, 11) is -4.14. The Morgan fingerprint density at radius 3 is 1.89 bits per heavy atom. The molecule has 0 bridgehead atoms. The number of carbonyl (C=O) groups excluding carboxylic acids is 1. The lowest BCUT2D eigenvalue weighted by atomic mass is 10.1. The minimum Gasteiger partial charge on any atom is -0.478 e. The zero-order valence-electron chi connectivity index (χ0n) is 16.3. The summed E-state index contributed by atoms with van der Waals surface area (Å²) in [5, 5.41) is 8.80. The second-order valence-electron chi connectivity index (χ2n) is 6.72. The van der Waals surface area contributed by atoms with E-state index in [1.165, 1.54) is 44.9 Å². The monoisotopic (exact) mass is 406 g/mol. The second-order valence-corrected chi connectivity index (χ2v) is 8.29. The van der Waals surface area contributed by atoms with Gasteiger partial charge in [0.25, 0.3) is 10.1 Å². The molecule has 2 N–H and O–H groups in total. The molecule has 158 valence electrons. The SMILES string of the molecule is CCCCCCCCCCCCOC(=O)C(=CC(=O)O)CCCS(=O)(=O)O. The Hall–Kier alpha value is -1.41. The Labute approximate surface area is 162 Å². The molecule has 0 aromatic heterocycles. The van der Waals surface area contributed by atoms with Gasteiger partial charge in [-0.25, -0.2) is 9.59 Å². The normalized spacial score (nSPS) is 12.1. The highest BCUT2D eigenvalue weighted by molar-refractivity contribution is 7.85. The molecule has 0 heterocycles. The predicted octanol–water partition coefficient (Wildman–Crippen LogP) is 4.13. The highest BCUT2D eigenvalue weighted by Gasteiger charge is 2.14. The first kappa shape index (κ1) is 25.6. The van der Waals surface area contributed by atoms with E-state index in [9.17, 15) is 18.0 Å². The quantitative estimate of drug-likeness (QED) is 0.161. The number of carbonyl (C=O) groups is 2. The first-order valence-corrected chi connectivity index (χ1v) is 11.4. The van der Waals surface area contributed by atoms with Gasteiger partial charge in [-0.3, -0.25) is 4.55 Å². The van der Waals surface area contributed by atoms with Crippen LogP contribution in [0.4, 0.5) is 0 Å². The van der Waals surface area contributed by atoms with Crippen molar-refractivity contribution in [2.75, 3.05) is 12.4 Å². The largest absolute Gasteiger partial charge is 0.478 e. The average molecular weight is 407 g/mol. The van der Waals surface area contributed by atoms with Gasteiger partial charge in [0, 0.05) is 11.6 Å². The summed E-state index contributed by atoms with van der Waals surface area (Å²) in [5.74, 6) is -2.58. The van der Waals surface area contributed by atoms with Crippen LogP contribution in [0.5, 0.6) is 0 Å². The summed E-state index contributed by atoms with van der Waals surface area (Å²) >= 11 is 0. The lowest BCUT2D eigenvalue weighted by molar-refractivity contribution is -0.140. The Morgan fingerprint density at radius 2 is 1.41 bits per heavy atom. The lowest BCUT2D eigenvalue weighted by Gasteiger charge is -2.08. The molecule has 0 aromatic carbocycles. The van der Waals surface area contributed by atoms with Crippen LogP contribution < -0.4 is 0 Å². The molecule has 7 nitrogen and oxygen atoms in total. The van der Waals surface area contributed by atoms with Gasteiger partial charge in [-0.05, 0) is 19.3 Å². The predicted molar refractivity (Wildman–Crippen MR) is 104 cm³/mol. The van der Waals surface area contributed by atoms with E-state index in [0.29, 0.717) is 6.42 Å². The molecule has 0 aromatic rings. The van der Waals surface area contributed by atoms with Gasteiger partial charge in [0.1, 0.15) is 0 Å². The number of hydrogen-bond donors (Lipinski definition) is 2. The number of aliphatic carboxylic acids is 1. The van der Waals surface area contributed by atoms with Crippen LogP contribution >= 0.6 is 0 Å². The van der Waals surface area contributed by atoms with E-state index >= 15 is 0 Å².